The van der Waals surface area contributed by atoms with E-state index in [1.807, 2.05) is 12.1 Å². The molecular weight excluding hydrogens is 378 g/mol. The van der Waals surface area contributed by atoms with Gasteiger partial charge in [-0.3, -0.25) is 0 Å². The van der Waals surface area contributed by atoms with Crippen LogP contribution in [0.1, 0.15) is 49.6 Å². The third-order valence-corrected chi connectivity index (χ3v) is 7.23. The molecule has 4 nitrogen and oxygen atoms in total. The summed E-state index contributed by atoms with van der Waals surface area (Å²) in [6.07, 6.45) is 2.84. The van der Waals surface area contributed by atoms with Gasteiger partial charge < -0.3 is 9.64 Å². The van der Waals surface area contributed by atoms with Crippen molar-refractivity contribution < 1.29 is 4.74 Å². The molecule has 0 amide bonds. The second kappa shape index (κ2) is 6.50. The van der Waals surface area contributed by atoms with Crippen molar-refractivity contribution in [3.8, 4) is 5.75 Å². The average molecular weight is 402 g/mol. The molecule has 1 aromatic carbocycles. The topological polar surface area (TPSA) is 28.1 Å². The molecule has 1 spiro atoms. The van der Waals surface area contributed by atoms with Gasteiger partial charge in [-0.2, -0.15) is 5.10 Å². The van der Waals surface area contributed by atoms with Crippen LogP contribution in [0.15, 0.2) is 40.8 Å². The van der Waals surface area contributed by atoms with Crippen LogP contribution in [0.5, 0.6) is 5.75 Å². The van der Waals surface area contributed by atoms with Gasteiger partial charge >= 0.3 is 0 Å². The van der Waals surface area contributed by atoms with Crippen LogP contribution in [-0.2, 0) is 0 Å². The first-order chi connectivity index (χ1) is 13.1. The van der Waals surface area contributed by atoms with Crippen molar-refractivity contribution in [3.63, 3.8) is 0 Å². The Labute approximate surface area is 169 Å². The molecule has 0 aliphatic carbocycles. The predicted octanol–water partition coefficient (Wildman–Crippen LogP) is 5.15. The first kappa shape index (κ1) is 17.5. The van der Waals surface area contributed by atoms with Crippen LogP contribution in [0.4, 0.5) is 0 Å². The maximum atomic E-state index is 6.66. The summed E-state index contributed by atoms with van der Waals surface area (Å²) >= 11 is 8.08. The van der Waals surface area contributed by atoms with E-state index in [4.69, 9.17) is 21.4 Å². The van der Waals surface area contributed by atoms with Gasteiger partial charge in [-0.1, -0.05) is 17.7 Å². The molecule has 1 fully saturated rings. The van der Waals surface area contributed by atoms with Gasteiger partial charge in [-0.05, 0) is 43.5 Å². The minimum absolute atomic E-state index is 0.204. The third-order valence-electron chi connectivity index (χ3n) is 6.07. The Kier molecular flexibility index (Phi) is 4.22. The van der Waals surface area contributed by atoms with Crippen molar-refractivity contribution in [2.24, 2.45) is 5.10 Å². The van der Waals surface area contributed by atoms with Gasteiger partial charge in [0, 0.05) is 49.0 Å². The normalized spacial score (nSPS) is 23.9. The molecule has 0 N–H and O–H groups in total. The molecule has 3 aliphatic heterocycles. The first-order valence-electron chi connectivity index (χ1n) is 9.69. The van der Waals surface area contributed by atoms with E-state index in [0.717, 1.165) is 54.4 Å². The van der Waals surface area contributed by atoms with Crippen molar-refractivity contribution in [1.82, 2.24) is 9.91 Å². The number of thiophene rings is 1. The molecule has 1 aromatic heterocycles. The number of hydrogen-bond acceptors (Lipinski definition) is 5. The molecule has 0 radical (unpaired) electrons. The molecule has 0 unspecified atom stereocenters. The van der Waals surface area contributed by atoms with Crippen LogP contribution in [0.25, 0.3) is 0 Å². The van der Waals surface area contributed by atoms with Gasteiger partial charge in [0.1, 0.15) is 5.75 Å². The van der Waals surface area contributed by atoms with E-state index in [1.54, 1.807) is 11.3 Å². The number of hydrogen-bond donors (Lipinski definition) is 0. The molecule has 3 aliphatic rings. The number of benzene rings is 1. The summed E-state index contributed by atoms with van der Waals surface area (Å²) in [4.78, 5) is 3.78. The SMILES string of the molecule is CC(C)N1CCC2(CC1)Oc1ccc(Cl)cc1[C@@H]1CC(c3cccs3)=NN12. The number of ether oxygens (including phenoxy) is 1. The number of nitrogens with zero attached hydrogens (tertiary/aromatic N) is 3. The largest absolute Gasteiger partial charge is 0.466 e. The molecule has 2 aromatic rings. The number of rotatable bonds is 2. The molecule has 142 valence electrons. The zero-order valence-electron chi connectivity index (χ0n) is 15.7. The van der Waals surface area contributed by atoms with Gasteiger partial charge in [-0.15, -0.1) is 11.3 Å². The van der Waals surface area contributed by atoms with Gasteiger partial charge in [0.15, 0.2) is 0 Å². The molecule has 6 heteroatoms. The Hall–Kier alpha value is -1.56. The monoisotopic (exact) mass is 401 g/mol. The summed E-state index contributed by atoms with van der Waals surface area (Å²) in [6.45, 7) is 6.60. The predicted molar refractivity (Wildman–Crippen MR) is 111 cm³/mol. The first-order valence-corrected chi connectivity index (χ1v) is 10.9. The highest BCUT2D eigenvalue weighted by atomic mass is 35.5. The zero-order valence-corrected chi connectivity index (χ0v) is 17.3. The molecular formula is C21H24ClN3OS. The van der Waals surface area contributed by atoms with Gasteiger partial charge in [0.05, 0.1) is 16.6 Å². The van der Waals surface area contributed by atoms with Gasteiger partial charge in [0.2, 0.25) is 5.72 Å². The van der Waals surface area contributed by atoms with E-state index < -0.39 is 0 Å². The summed E-state index contributed by atoms with van der Waals surface area (Å²) in [5.41, 5.74) is 1.97. The highest BCUT2D eigenvalue weighted by Gasteiger charge is 2.52. The van der Waals surface area contributed by atoms with E-state index in [9.17, 15) is 0 Å². The lowest BCUT2D eigenvalue weighted by atomic mass is 9.91. The van der Waals surface area contributed by atoms with Crippen molar-refractivity contribution in [2.45, 2.75) is 50.9 Å². The molecule has 27 heavy (non-hydrogen) atoms. The molecule has 1 saturated heterocycles. The number of hydrazone groups is 1. The van der Waals surface area contributed by atoms with Crippen molar-refractivity contribution in [2.75, 3.05) is 13.1 Å². The summed E-state index contributed by atoms with van der Waals surface area (Å²) in [5, 5.41) is 10.2. The van der Waals surface area contributed by atoms with Gasteiger partial charge in [-0.25, -0.2) is 5.01 Å². The third kappa shape index (κ3) is 2.87. The van der Waals surface area contributed by atoms with E-state index in [1.165, 1.54) is 4.88 Å². The second-order valence-corrected chi connectivity index (χ2v) is 9.33. The number of piperidine rings is 1. The van der Waals surface area contributed by atoms with Crippen LogP contribution in [0.3, 0.4) is 0 Å². The Bertz CT molecular complexity index is 872. The fourth-order valence-electron chi connectivity index (χ4n) is 4.56. The van der Waals surface area contributed by atoms with Crippen LogP contribution in [-0.4, -0.2) is 40.5 Å². The maximum absolute atomic E-state index is 6.66. The van der Waals surface area contributed by atoms with Crippen molar-refractivity contribution in [3.05, 3.63) is 51.2 Å². The maximum Gasteiger partial charge on any atom is 0.200 e. The number of fused-ring (bicyclic) bond motifs is 4. The summed E-state index contributed by atoms with van der Waals surface area (Å²) < 4.78 is 6.66. The summed E-state index contributed by atoms with van der Waals surface area (Å²) in [5.74, 6) is 0.973. The van der Waals surface area contributed by atoms with Crippen LogP contribution < -0.4 is 4.74 Å². The van der Waals surface area contributed by atoms with Crippen LogP contribution in [0.2, 0.25) is 5.02 Å². The van der Waals surface area contributed by atoms with E-state index in [-0.39, 0.29) is 11.8 Å². The molecule has 1 atom stereocenters. The smallest absolute Gasteiger partial charge is 0.200 e. The highest BCUT2D eigenvalue weighted by Crippen LogP contribution is 2.50. The van der Waals surface area contributed by atoms with Crippen molar-refractivity contribution in [1.29, 1.82) is 0 Å². The van der Waals surface area contributed by atoms with Crippen LogP contribution in [0, 0.1) is 0 Å². The molecule has 0 bridgehead atoms. The quantitative estimate of drug-likeness (QED) is 0.696. The fourth-order valence-corrected chi connectivity index (χ4v) is 5.47. The lowest BCUT2D eigenvalue weighted by Crippen LogP contribution is -2.59. The fraction of sp³-hybridized carbons (Fsp3) is 0.476. The number of likely N-dealkylation sites (tertiary alicyclic amines) is 1. The Morgan fingerprint density at radius 2 is 2.07 bits per heavy atom. The molecule has 0 saturated carbocycles. The standard InChI is InChI=1S/C21H24ClN3OS/c1-14(2)24-9-7-21(8-10-24)25-18(13-17(23-25)20-4-3-11-27-20)16-12-15(22)5-6-19(16)26-21/h3-6,11-12,14,18H,7-10,13H2,1-2H3/t18-/m0/s1. The summed E-state index contributed by atoms with van der Waals surface area (Å²) in [7, 11) is 0. The van der Waals surface area contributed by atoms with E-state index >= 15 is 0 Å². The Balaban J connectivity index is 1.55. The minimum Gasteiger partial charge on any atom is -0.466 e. The average Bonchev–Trinajstić information content (AvgIpc) is 3.33. The Morgan fingerprint density at radius 3 is 2.78 bits per heavy atom. The molecule has 4 heterocycles. The van der Waals surface area contributed by atoms with Crippen molar-refractivity contribution >= 4 is 28.6 Å². The van der Waals surface area contributed by atoms with Gasteiger partial charge in [0.25, 0.3) is 0 Å². The zero-order chi connectivity index (χ0) is 18.6. The highest BCUT2D eigenvalue weighted by molar-refractivity contribution is 7.12. The van der Waals surface area contributed by atoms with E-state index in [0.29, 0.717) is 6.04 Å². The second-order valence-electron chi connectivity index (χ2n) is 7.95. The van der Waals surface area contributed by atoms with E-state index in [2.05, 4.69) is 47.3 Å². The lowest BCUT2D eigenvalue weighted by molar-refractivity contribution is -0.152. The lowest BCUT2D eigenvalue weighted by Gasteiger charge is -2.51. The minimum atomic E-state index is -0.351. The molecule has 5 rings (SSSR count). The summed E-state index contributed by atoms with van der Waals surface area (Å²) in [6, 6.07) is 11.1. The Morgan fingerprint density at radius 1 is 1.26 bits per heavy atom. The van der Waals surface area contributed by atoms with Crippen LogP contribution >= 0.6 is 22.9 Å². The number of halogens is 1.